The Balaban J connectivity index is 3.04. The molecule has 2 unspecified atom stereocenters. The maximum absolute atomic E-state index is 13.1. The Labute approximate surface area is 92.3 Å². The van der Waals surface area contributed by atoms with Crippen molar-refractivity contribution in [3.63, 3.8) is 0 Å². The van der Waals surface area contributed by atoms with E-state index in [1.807, 2.05) is 0 Å². The zero-order chi connectivity index (χ0) is 11.6. The fourth-order valence-corrected chi connectivity index (χ4v) is 1.31. The topological polar surface area (TPSA) is 90.7 Å². The fraction of sp³-hybridized carbons (Fsp3) is 0.250. The largest absolute Gasteiger partial charge is 0.479 e. The third-order valence-corrected chi connectivity index (χ3v) is 2.16. The lowest BCUT2D eigenvalue weighted by Gasteiger charge is -2.14. The Hall–Kier alpha value is -1.05. The van der Waals surface area contributed by atoms with Gasteiger partial charge in [-0.2, -0.15) is 0 Å². The molecule has 0 fully saturated rings. The minimum atomic E-state index is -2.08. The van der Waals surface area contributed by atoms with Crippen LogP contribution in [0.5, 0.6) is 0 Å². The standard InChI is InChI=1S/C8H7BrFNO4/c9-5-1-3(4(10)2-11-5)6(12)7(13)8(14)15/h1-2,6-7,12-13H,(H,14,15). The van der Waals surface area contributed by atoms with Crippen LogP contribution in [0.2, 0.25) is 0 Å². The predicted octanol–water partition coefficient (Wildman–Crippen LogP) is 0.462. The maximum Gasteiger partial charge on any atom is 0.335 e. The molecular weight excluding hydrogens is 273 g/mol. The molecule has 1 aromatic rings. The second-order valence-electron chi connectivity index (χ2n) is 2.76. The molecule has 15 heavy (non-hydrogen) atoms. The molecule has 0 saturated carbocycles. The van der Waals surface area contributed by atoms with Crippen molar-refractivity contribution in [2.45, 2.75) is 12.2 Å². The van der Waals surface area contributed by atoms with Gasteiger partial charge < -0.3 is 15.3 Å². The molecule has 5 nitrogen and oxygen atoms in total. The number of carboxylic acid groups (broad SMARTS) is 1. The van der Waals surface area contributed by atoms with Crippen molar-refractivity contribution in [3.05, 3.63) is 28.2 Å². The zero-order valence-electron chi connectivity index (χ0n) is 7.26. The Morgan fingerprint density at radius 2 is 2.13 bits per heavy atom. The summed E-state index contributed by atoms with van der Waals surface area (Å²) in [5.74, 6) is -2.51. The molecule has 1 heterocycles. The second-order valence-corrected chi connectivity index (χ2v) is 3.57. The highest BCUT2D eigenvalue weighted by Gasteiger charge is 2.27. The van der Waals surface area contributed by atoms with Gasteiger partial charge in [0, 0.05) is 5.56 Å². The van der Waals surface area contributed by atoms with E-state index in [2.05, 4.69) is 20.9 Å². The number of nitrogens with zero attached hydrogens (tertiary/aromatic N) is 1. The first-order valence-electron chi connectivity index (χ1n) is 3.83. The Bertz CT molecular complexity index is 387. The van der Waals surface area contributed by atoms with Crippen LogP contribution in [0.4, 0.5) is 4.39 Å². The second kappa shape index (κ2) is 4.65. The van der Waals surface area contributed by atoms with E-state index in [0.717, 1.165) is 12.3 Å². The number of halogens is 2. The normalized spacial score (nSPS) is 14.7. The third kappa shape index (κ3) is 2.71. The highest BCUT2D eigenvalue weighted by atomic mass is 79.9. The molecule has 7 heteroatoms. The molecule has 1 aromatic heterocycles. The number of hydrogen-bond acceptors (Lipinski definition) is 4. The molecule has 0 aliphatic carbocycles. The minimum absolute atomic E-state index is 0.232. The van der Waals surface area contributed by atoms with E-state index in [1.165, 1.54) is 0 Å². The average molecular weight is 280 g/mol. The highest BCUT2D eigenvalue weighted by molar-refractivity contribution is 9.10. The molecule has 0 radical (unpaired) electrons. The Kier molecular flexibility index (Phi) is 3.72. The number of carboxylic acids is 1. The zero-order valence-corrected chi connectivity index (χ0v) is 8.85. The predicted molar refractivity (Wildman–Crippen MR) is 50.5 cm³/mol. The summed E-state index contributed by atoms with van der Waals surface area (Å²) < 4.78 is 13.3. The van der Waals surface area contributed by atoms with E-state index >= 15 is 0 Å². The molecule has 2 atom stereocenters. The van der Waals surface area contributed by atoms with E-state index in [9.17, 15) is 14.3 Å². The Morgan fingerprint density at radius 3 is 2.67 bits per heavy atom. The lowest BCUT2D eigenvalue weighted by atomic mass is 10.1. The van der Waals surface area contributed by atoms with Crippen molar-refractivity contribution >= 4 is 21.9 Å². The number of aliphatic hydroxyl groups is 2. The van der Waals surface area contributed by atoms with Gasteiger partial charge in [0.1, 0.15) is 16.5 Å². The summed E-state index contributed by atoms with van der Waals surface area (Å²) >= 11 is 2.93. The van der Waals surface area contributed by atoms with E-state index in [1.54, 1.807) is 0 Å². The summed E-state index contributed by atoms with van der Waals surface area (Å²) in [6, 6.07) is 1.10. The van der Waals surface area contributed by atoms with Crippen molar-refractivity contribution in [1.29, 1.82) is 0 Å². The number of aliphatic carboxylic acids is 1. The molecule has 0 spiro atoms. The molecule has 0 aromatic carbocycles. The molecule has 0 aliphatic rings. The number of aromatic nitrogens is 1. The van der Waals surface area contributed by atoms with Gasteiger partial charge in [0.05, 0.1) is 6.20 Å². The van der Waals surface area contributed by atoms with Gasteiger partial charge in [-0.15, -0.1) is 0 Å². The van der Waals surface area contributed by atoms with Gasteiger partial charge in [0.2, 0.25) is 0 Å². The summed E-state index contributed by atoms with van der Waals surface area (Å²) in [5, 5.41) is 26.8. The van der Waals surface area contributed by atoms with Crippen LogP contribution in [0.25, 0.3) is 0 Å². The molecule has 82 valence electrons. The van der Waals surface area contributed by atoms with Crippen LogP contribution >= 0.6 is 15.9 Å². The van der Waals surface area contributed by atoms with Gasteiger partial charge in [0.25, 0.3) is 0 Å². The fourth-order valence-electron chi connectivity index (χ4n) is 0.959. The Morgan fingerprint density at radius 1 is 1.53 bits per heavy atom. The number of aliphatic hydroxyl groups excluding tert-OH is 2. The molecule has 0 aliphatic heterocycles. The van der Waals surface area contributed by atoms with Crippen molar-refractivity contribution in [3.8, 4) is 0 Å². The summed E-state index contributed by atoms with van der Waals surface area (Å²) in [5.41, 5.74) is -0.327. The van der Waals surface area contributed by atoms with Crippen molar-refractivity contribution in [2.24, 2.45) is 0 Å². The maximum atomic E-state index is 13.1. The van der Waals surface area contributed by atoms with Crippen LogP contribution in [0.3, 0.4) is 0 Å². The average Bonchev–Trinajstić information content (AvgIpc) is 2.19. The van der Waals surface area contributed by atoms with Crippen LogP contribution < -0.4 is 0 Å². The summed E-state index contributed by atoms with van der Waals surface area (Å²) in [4.78, 5) is 13.9. The molecule has 0 saturated heterocycles. The van der Waals surface area contributed by atoms with Crippen molar-refractivity contribution in [2.75, 3.05) is 0 Å². The monoisotopic (exact) mass is 279 g/mol. The summed E-state index contributed by atoms with van der Waals surface area (Å²) in [7, 11) is 0. The molecule has 0 amide bonds. The smallest absolute Gasteiger partial charge is 0.335 e. The van der Waals surface area contributed by atoms with Crippen molar-refractivity contribution in [1.82, 2.24) is 4.98 Å². The lowest BCUT2D eigenvalue weighted by Crippen LogP contribution is -2.28. The first-order valence-corrected chi connectivity index (χ1v) is 4.62. The van der Waals surface area contributed by atoms with Crippen LogP contribution in [0.1, 0.15) is 11.7 Å². The summed E-state index contributed by atoms with van der Waals surface area (Å²) in [6.45, 7) is 0. The van der Waals surface area contributed by atoms with Gasteiger partial charge in [-0.3, -0.25) is 0 Å². The first-order chi connectivity index (χ1) is 6.93. The molecular formula is C8H7BrFNO4. The third-order valence-electron chi connectivity index (χ3n) is 1.72. The molecule has 3 N–H and O–H groups in total. The van der Waals surface area contributed by atoms with E-state index < -0.39 is 24.0 Å². The molecule has 1 rings (SSSR count). The first kappa shape index (κ1) is 12.0. The van der Waals surface area contributed by atoms with Crippen LogP contribution in [0.15, 0.2) is 16.9 Å². The van der Waals surface area contributed by atoms with Crippen molar-refractivity contribution < 1.29 is 24.5 Å². The van der Waals surface area contributed by atoms with Gasteiger partial charge >= 0.3 is 5.97 Å². The SMILES string of the molecule is O=C(O)C(O)C(O)c1cc(Br)ncc1F. The van der Waals surface area contributed by atoms with E-state index in [-0.39, 0.29) is 10.2 Å². The highest BCUT2D eigenvalue weighted by Crippen LogP contribution is 2.22. The molecule has 0 bridgehead atoms. The number of carbonyl (C=O) groups is 1. The van der Waals surface area contributed by atoms with Gasteiger partial charge in [-0.05, 0) is 22.0 Å². The lowest BCUT2D eigenvalue weighted by molar-refractivity contribution is -0.153. The number of pyridine rings is 1. The number of hydrogen-bond donors (Lipinski definition) is 3. The minimum Gasteiger partial charge on any atom is -0.479 e. The van der Waals surface area contributed by atoms with E-state index in [0.29, 0.717) is 0 Å². The van der Waals surface area contributed by atoms with Crippen LogP contribution in [-0.4, -0.2) is 32.4 Å². The van der Waals surface area contributed by atoms with Crippen LogP contribution in [-0.2, 0) is 4.79 Å². The van der Waals surface area contributed by atoms with Crippen LogP contribution in [0, 0.1) is 5.82 Å². The number of rotatable bonds is 3. The van der Waals surface area contributed by atoms with Gasteiger partial charge in [-0.25, -0.2) is 14.2 Å². The van der Waals surface area contributed by atoms with Gasteiger partial charge in [0.15, 0.2) is 6.10 Å². The summed E-state index contributed by atoms with van der Waals surface area (Å²) in [6.07, 6.45) is -3.09. The quantitative estimate of drug-likeness (QED) is 0.700. The van der Waals surface area contributed by atoms with Gasteiger partial charge in [-0.1, -0.05) is 0 Å². The van der Waals surface area contributed by atoms with E-state index in [4.69, 9.17) is 10.2 Å².